The smallest absolute Gasteiger partial charge is 0.0430 e. The molecule has 0 amide bonds. The van der Waals surface area contributed by atoms with Gasteiger partial charge < -0.3 is 11.1 Å². The summed E-state index contributed by atoms with van der Waals surface area (Å²) < 4.78 is 0. The van der Waals surface area contributed by atoms with Crippen LogP contribution in [0.15, 0.2) is 17.3 Å². The van der Waals surface area contributed by atoms with Crippen molar-refractivity contribution in [1.82, 2.24) is 5.32 Å². The molecule has 1 aliphatic heterocycles. The molecule has 11 heavy (non-hydrogen) atoms. The molecule has 0 saturated carbocycles. The molecule has 62 valence electrons. The average Bonchev–Trinajstić information content (AvgIpc) is 2.50. The van der Waals surface area contributed by atoms with Gasteiger partial charge in [0.2, 0.25) is 0 Å². The van der Waals surface area contributed by atoms with Gasteiger partial charge in [-0.25, -0.2) is 0 Å². The van der Waals surface area contributed by atoms with E-state index in [9.17, 15) is 0 Å². The Morgan fingerprint density at radius 1 is 1.64 bits per heavy atom. The van der Waals surface area contributed by atoms with Gasteiger partial charge in [0.1, 0.15) is 0 Å². The van der Waals surface area contributed by atoms with Crippen LogP contribution in [0.4, 0.5) is 0 Å². The maximum Gasteiger partial charge on any atom is 0.0430 e. The number of rotatable bonds is 3. The molecule has 3 N–H and O–H groups in total. The molecule has 0 spiro atoms. The quantitative estimate of drug-likeness (QED) is 0.567. The van der Waals surface area contributed by atoms with Gasteiger partial charge in [-0.3, -0.25) is 4.99 Å². The molecule has 0 aromatic heterocycles. The first-order valence-corrected chi connectivity index (χ1v) is 4.01. The van der Waals surface area contributed by atoms with Crippen LogP contribution in [-0.2, 0) is 0 Å². The van der Waals surface area contributed by atoms with Crippen LogP contribution in [0, 0.1) is 5.92 Å². The highest BCUT2D eigenvalue weighted by Gasteiger charge is 2.12. The first kappa shape index (κ1) is 8.27. The zero-order chi connectivity index (χ0) is 7.94. The Labute approximate surface area is 67.4 Å². The summed E-state index contributed by atoms with van der Waals surface area (Å²) in [5.74, 6) is 0.734. The molecule has 3 heteroatoms. The van der Waals surface area contributed by atoms with Crippen molar-refractivity contribution in [2.45, 2.75) is 6.42 Å². The number of hydrogen-bond donors (Lipinski definition) is 2. The Bertz CT molecular complexity index is 145. The van der Waals surface area contributed by atoms with Gasteiger partial charge in [0.05, 0.1) is 0 Å². The fourth-order valence-electron chi connectivity index (χ4n) is 1.19. The number of aliphatic imine (C=N–C) groups is 1. The predicted molar refractivity (Wildman–Crippen MR) is 47.7 cm³/mol. The van der Waals surface area contributed by atoms with Gasteiger partial charge >= 0.3 is 0 Å². The monoisotopic (exact) mass is 153 g/mol. The molecule has 1 rings (SSSR count). The van der Waals surface area contributed by atoms with E-state index in [2.05, 4.69) is 10.3 Å². The second kappa shape index (κ2) is 4.91. The van der Waals surface area contributed by atoms with Crippen molar-refractivity contribution in [2.24, 2.45) is 16.6 Å². The zero-order valence-electron chi connectivity index (χ0n) is 6.66. The first-order valence-electron chi connectivity index (χ1n) is 4.01. The van der Waals surface area contributed by atoms with Gasteiger partial charge in [-0.1, -0.05) is 0 Å². The summed E-state index contributed by atoms with van der Waals surface area (Å²) in [4.78, 5) is 4.21. The lowest BCUT2D eigenvalue weighted by molar-refractivity contribution is 0.599. The molecule has 3 nitrogen and oxygen atoms in total. The van der Waals surface area contributed by atoms with Crippen molar-refractivity contribution in [2.75, 3.05) is 19.6 Å². The van der Waals surface area contributed by atoms with E-state index in [0.29, 0.717) is 0 Å². The van der Waals surface area contributed by atoms with Crippen LogP contribution in [0.3, 0.4) is 0 Å². The number of nitrogens with one attached hydrogen (secondary N) is 1. The summed E-state index contributed by atoms with van der Waals surface area (Å²) in [5.41, 5.74) is 5.14. The Hall–Kier alpha value is -0.830. The molecule has 0 aromatic rings. The molecule has 0 aliphatic carbocycles. The fraction of sp³-hybridized carbons (Fsp3) is 0.625. The van der Waals surface area contributed by atoms with Gasteiger partial charge in [0, 0.05) is 12.8 Å². The van der Waals surface area contributed by atoms with Crippen molar-refractivity contribution < 1.29 is 0 Å². The molecule has 1 heterocycles. The van der Waals surface area contributed by atoms with Crippen molar-refractivity contribution in [3.63, 3.8) is 0 Å². The molecule has 1 fully saturated rings. The minimum Gasteiger partial charge on any atom is -0.405 e. The summed E-state index contributed by atoms with van der Waals surface area (Å²) in [6.07, 6.45) is 6.26. The second-order valence-corrected chi connectivity index (χ2v) is 2.76. The Morgan fingerprint density at radius 3 is 3.18 bits per heavy atom. The van der Waals surface area contributed by atoms with Crippen molar-refractivity contribution in [1.29, 1.82) is 0 Å². The van der Waals surface area contributed by atoms with Crippen LogP contribution in [0.2, 0.25) is 0 Å². The highest BCUT2D eigenvalue weighted by atomic mass is 14.9. The van der Waals surface area contributed by atoms with Crippen molar-refractivity contribution >= 4 is 6.21 Å². The maximum absolute atomic E-state index is 5.14. The van der Waals surface area contributed by atoms with Gasteiger partial charge in [0.15, 0.2) is 0 Å². The third-order valence-corrected chi connectivity index (χ3v) is 1.83. The Kier molecular flexibility index (Phi) is 3.69. The van der Waals surface area contributed by atoms with Gasteiger partial charge in [0.25, 0.3) is 0 Å². The lowest BCUT2D eigenvalue weighted by Gasteiger charge is -2.00. The molecule has 1 aliphatic rings. The number of nitrogens with two attached hydrogens (primary N) is 1. The van der Waals surface area contributed by atoms with Crippen LogP contribution in [0.5, 0.6) is 0 Å². The van der Waals surface area contributed by atoms with E-state index >= 15 is 0 Å². The second-order valence-electron chi connectivity index (χ2n) is 2.76. The fourth-order valence-corrected chi connectivity index (χ4v) is 1.19. The molecule has 0 bridgehead atoms. The van der Waals surface area contributed by atoms with Crippen LogP contribution in [0.1, 0.15) is 6.42 Å². The highest BCUT2D eigenvalue weighted by molar-refractivity contribution is 5.70. The molecular weight excluding hydrogens is 138 g/mol. The summed E-state index contributed by atoms with van der Waals surface area (Å²) in [7, 11) is 0. The van der Waals surface area contributed by atoms with Gasteiger partial charge in [-0.05, 0) is 37.7 Å². The minimum absolute atomic E-state index is 0.734. The predicted octanol–water partition coefficient (Wildman–Crippen LogP) is 0.139. The standard InChI is InChI=1S/C8H15N3/c9-3-1-4-10-6-8-2-5-11-7-8/h1,3-4,8,11H,2,5-7,9H2/b3-1+,10-4?. The van der Waals surface area contributed by atoms with E-state index in [1.165, 1.54) is 12.6 Å². The third-order valence-electron chi connectivity index (χ3n) is 1.83. The first-order chi connectivity index (χ1) is 5.43. The van der Waals surface area contributed by atoms with Crippen LogP contribution >= 0.6 is 0 Å². The highest BCUT2D eigenvalue weighted by Crippen LogP contribution is 2.06. The molecule has 1 atom stereocenters. The third kappa shape index (κ3) is 3.18. The minimum atomic E-state index is 0.734. The Morgan fingerprint density at radius 2 is 2.55 bits per heavy atom. The van der Waals surface area contributed by atoms with Gasteiger partial charge in [-0.15, -0.1) is 0 Å². The van der Waals surface area contributed by atoms with Crippen LogP contribution in [0.25, 0.3) is 0 Å². The summed E-state index contributed by atoms with van der Waals surface area (Å²) >= 11 is 0. The number of nitrogens with zero attached hydrogens (tertiary/aromatic N) is 1. The lowest BCUT2D eigenvalue weighted by atomic mass is 10.1. The van der Waals surface area contributed by atoms with E-state index in [1.54, 1.807) is 12.3 Å². The number of hydrogen-bond acceptors (Lipinski definition) is 3. The van der Waals surface area contributed by atoms with Crippen molar-refractivity contribution in [3.8, 4) is 0 Å². The Balaban J connectivity index is 2.10. The summed E-state index contributed by atoms with van der Waals surface area (Å²) in [6, 6.07) is 0. The van der Waals surface area contributed by atoms with E-state index in [1.807, 2.05) is 0 Å². The van der Waals surface area contributed by atoms with Crippen molar-refractivity contribution in [3.05, 3.63) is 12.3 Å². The topological polar surface area (TPSA) is 50.4 Å². The number of allylic oxidation sites excluding steroid dienone is 1. The average molecular weight is 153 g/mol. The maximum atomic E-state index is 5.14. The zero-order valence-corrected chi connectivity index (χ0v) is 6.66. The summed E-state index contributed by atoms with van der Waals surface area (Å²) in [5, 5.41) is 3.30. The molecule has 0 aromatic carbocycles. The molecule has 1 unspecified atom stereocenters. The normalized spacial score (nSPS) is 25.6. The van der Waals surface area contributed by atoms with E-state index < -0.39 is 0 Å². The van der Waals surface area contributed by atoms with Crippen LogP contribution in [-0.4, -0.2) is 25.8 Å². The lowest BCUT2D eigenvalue weighted by Crippen LogP contribution is -2.10. The van der Waals surface area contributed by atoms with Crippen LogP contribution < -0.4 is 11.1 Å². The largest absolute Gasteiger partial charge is 0.405 e. The molecule has 0 radical (unpaired) electrons. The molecular formula is C8H15N3. The van der Waals surface area contributed by atoms with E-state index in [0.717, 1.165) is 25.6 Å². The summed E-state index contributed by atoms with van der Waals surface area (Å²) in [6.45, 7) is 3.19. The SMILES string of the molecule is N/C=C/C=NCC1CCNC1. The van der Waals surface area contributed by atoms with E-state index in [-0.39, 0.29) is 0 Å². The van der Waals surface area contributed by atoms with E-state index in [4.69, 9.17) is 5.73 Å². The molecule has 1 saturated heterocycles. The van der Waals surface area contributed by atoms with Gasteiger partial charge in [-0.2, -0.15) is 0 Å².